The van der Waals surface area contributed by atoms with Gasteiger partial charge in [-0.25, -0.2) is 0 Å². The van der Waals surface area contributed by atoms with Crippen molar-refractivity contribution in [2.24, 2.45) is 0 Å². The number of carbonyl (C=O) groups excluding carboxylic acids is 1. The topological polar surface area (TPSA) is 111 Å². The molecule has 1 atom stereocenters. The molecule has 2 aromatic rings. The van der Waals surface area contributed by atoms with Crippen LogP contribution >= 0.6 is 0 Å². The molecule has 1 N–H and O–H groups in total. The fourth-order valence-electron chi connectivity index (χ4n) is 1.71. The SMILES string of the molecule is Cc1cc(C(=O)N[C@H](C)c2ncon2)cc([N+](=O)[O-])c1. The van der Waals surface area contributed by atoms with Gasteiger partial charge in [0, 0.05) is 17.7 Å². The number of hydrogen-bond acceptors (Lipinski definition) is 6. The number of rotatable bonds is 4. The third-order valence-electron chi connectivity index (χ3n) is 2.65. The molecule has 0 saturated heterocycles. The zero-order valence-corrected chi connectivity index (χ0v) is 10.9. The second-order valence-electron chi connectivity index (χ2n) is 4.30. The number of amides is 1. The Hall–Kier alpha value is -2.77. The van der Waals surface area contributed by atoms with Crippen LogP contribution < -0.4 is 5.32 Å². The van der Waals surface area contributed by atoms with Crippen molar-refractivity contribution in [1.29, 1.82) is 0 Å². The van der Waals surface area contributed by atoms with Crippen molar-refractivity contribution in [3.8, 4) is 0 Å². The lowest BCUT2D eigenvalue weighted by atomic mass is 10.1. The number of benzene rings is 1. The van der Waals surface area contributed by atoms with Crippen molar-refractivity contribution in [2.75, 3.05) is 0 Å². The first-order valence-electron chi connectivity index (χ1n) is 5.80. The molecule has 0 aliphatic carbocycles. The first-order chi connectivity index (χ1) is 9.47. The van der Waals surface area contributed by atoms with Gasteiger partial charge in [0.1, 0.15) is 0 Å². The number of non-ortho nitro benzene ring substituents is 1. The first-order valence-corrected chi connectivity index (χ1v) is 5.80. The first kappa shape index (κ1) is 13.7. The standard InChI is InChI=1S/C12H12N4O4/c1-7-3-9(5-10(4-7)16(18)19)12(17)14-8(2)11-13-6-20-15-11/h3-6,8H,1-2H3,(H,14,17)/t8-/m1/s1. The van der Waals surface area contributed by atoms with Gasteiger partial charge >= 0.3 is 0 Å². The van der Waals surface area contributed by atoms with Crippen LogP contribution in [0.5, 0.6) is 0 Å². The number of nitro benzene ring substituents is 1. The molecule has 104 valence electrons. The van der Waals surface area contributed by atoms with Crippen molar-refractivity contribution >= 4 is 11.6 Å². The summed E-state index contributed by atoms with van der Waals surface area (Å²) in [5.41, 5.74) is 0.728. The molecule has 1 amide bonds. The third kappa shape index (κ3) is 2.97. The lowest BCUT2D eigenvalue weighted by Gasteiger charge is -2.10. The molecule has 8 nitrogen and oxygen atoms in total. The Morgan fingerprint density at radius 3 is 2.80 bits per heavy atom. The van der Waals surface area contributed by atoms with Gasteiger partial charge in [0.25, 0.3) is 11.6 Å². The van der Waals surface area contributed by atoms with Crippen LogP contribution in [0.3, 0.4) is 0 Å². The third-order valence-corrected chi connectivity index (χ3v) is 2.65. The van der Waals surface area contributed by atoms with Gasteiger partial charge in [0.05, 0.1) is 11.0 Å². The molecule has 0 aliphatic heterocycles. The maximum absolute atomic E-state index is 12.1. The number of nitrogens with zero attached hydrogens (tertiary/aromatic N) is 3. The normalized spacial score (nSPS) is 11.9. The number of nitro groups is 1. The lowest BCUT2D eigenvalue weighted by molar-refractivity contribution is -0.384. The molecule has 0 fully saturated rings. The number of hydrogen-bond donors (Lipinski definition) is 1. The predicted molar refractivity (Wildman–Crippen MR) is 68.0 cm³/mol. The minimum atomic E-state index is -0.535. The van der Waals surface area contributed by atoms with E-state index in [0.29, 0.717) is 11.4 Å². The molecule has 0 radical (unpaired) electrons. The number of carbonyl (C=O) groups is 1. The zero-order valence-electron chi connectivity index (χ0n) is 10.9. The highest BCUT2D eigenvalue weighted by Crippen LogP contribution is 2.17. The van der Waals surface area contributed by atoms with Gasteiger partial charge in [0.15, 0.2) is 5.82 Å². The smallest absolute Gasteiger partial charge is 0.270 e. The summed E-state index contributed by atoms with van der Waals surface area (Å²) in [7, 11) is 0. The van der Waals surface area contributed by atoms with Crippen LogP contribution in [0, 0.1) is 17.0 Å². The summed E-state index contributed by atoms with van der Waals surface area (Å²) < 4.78 is 4.59. The average Bonchev–Trinajstić information content (AvgIpc) is 2.91. The van der Waals surface area contributed by atoms with E-state index in [9.17, 15) is 14.9 Å². The monoisotopic (exact) mass is 276 g/mol. The number of aromatic nitrogens is 2. The van der Waals surface area contributed by atoms with Crippen molar-refractivity contribution in [3.63, 3.8) is 0 Å². The molecular weight excluding hydrogens is 264 g/mol. The van der Waals surface area contributed by atoms with Crippen LogP contribution in [0.4, 0.5) is 5.69 Å². The Morgan fingerprint density at radius 1 is 1.45 bits per heavy atom. The highest BCUT2D eigenvalue weighted by atomic mass is 16.6. The van der Waals surface area contributed by atoms with Crippen LogP contribution in [0.2, 0.25) is 0 Å². The Balaban J connectivity index is 2.19. The number of aryl methyl sites for hydroxylation is 1. The van der Waals surface area contributed by atoms with E-state index >= 15 is 0 Å². The Labute approximate surface area is 113 Å². The van der Waals surface area contributed by atoms with Gasteiger partial charge in [-0.1, -0.05) is 5.16 Å². The minimum absolute atomic E-state index is 0.123. The highest BCUT2D eigenvalue weighted by molar-refractivity contribution is 5.95. The maximum Gasteiger partial charge on any atom is 0.270 e. The fourth-order valence-corrected chi connectivity index (χ4v) is 1.71. The van der Waals surface area contributed by atoms with Gasteiger partial charge in [-0.15, -0.1) is 0 Å². The van der Waals surface area contributed by atoms with Crippen molar-refractivity contribution in [2.45, 2.75) is 19.9 Å². The summed E-state index contributed by atoms with van der Waals surface area (Å²) >= 11 is 0. The van der Waals surface area contributed by atoms with E-state index in [1.807, 2.05) is 0 Å². The molecule has 1 aromatic carbocycles. The highest BCUT2D eigenvalue weighted by Gasteiger charge is 2.17. The van der Waals surface area contributed by atoms with Gasteiger partial charge < -0.3 is 9.84 Å². The molecule has 0 saturated carbocycles. The summed E-state index contributed by atoms with van der Waals surface area (Å²) in [6.45, 7) is 3.37. The maximum atomic E-state index is 12.1. The number of nitrogens with one attached hydrogen (secondary N) is 1. The molecule has 0 unspecified atom stereocenters. The van der Waals surface area contributed by atoms with E-state index in [1.165, 1.54) is 12.1 Å². The van der Waals surface area contributed by atoms with E-state index < -0.39 is 16.9 Å². The second-order valence-corrected chi connectivity index (χ2v) is 4.30. The van der Waals surface area contributed by atoms with E-state index in [-0.39, 0.29) is 11.3 Å². The van der Waals surface area contributed by atoms with Crippen LogP contribution in [-0.2, 0) is 0 Å². The molecule has 8 heteroatoms. The van der Waals surface area contributed by atoms with Gasteiger partial charge in [-0.2, -0.15) is 4.98 Å². The molecule has 1 heterocycles. The largest absolute Gasteiger partial charge is 0.343 e. The fraction of sp³-hybridized carbons (Fsp3) is 0.250. The molecule has 0 aliphatic rings. The quantitative estimate of drug-likeness (QED) is 0.673. The van der Waals surface area contributed by atoms with Crippen molar-refractivity contribution < 1.29 is 14.2 Å². The summed E-state index contributed by atoms with van der Waals surface area (Å²) in [6.07, 6.45) is 1.16. The molecular formula is C12H12N4O4. The zero-order chi connectivity index (χ0) is 14.7. The summed E-state index contributed by atoms with van der Waals surface area (Å²) in [4.78, 5) is 26.1. The Kier molecular flexibility index (Phi) is 3.74. The van der Waals surface area contributed by atoms with Crippen LogP contribution in [0.25, 0.3) is 0 Å². The Morgan fingerprint density at radius 2 is 2.20 bits per heavy atom. The van der Waals surface area contributed by atoms with E-state index in [0.717, 1.165) is 6.39 Å². The average molecular weight is 276 g/mol. The van der Waals surface area contributed by atoms with Gasteiger partial charge in [0.2, 0.25) is 6.39 Å². The summed E-state index contributed by atoms with van der Waals surface area (Å²) in [5.74, 6) is -0.102. The molecule has 0 bridgehead atoms. The molecule has 2 rings (SSSR count). The summed E-state index contributed by atoms with van der Waals surface area (Å²) in [5, 5.41) is 17.0. The van der Waals surface area contributed by atoms with E-state index in [2.05, 4.69) is 20.0 Å². The van der Waals surface area contributed by atoms with Gasteiger partial charge in [-0.05, 0) is 25.5 Å². The molecule has 1 aromatic heterocycles. The lowest BCUT2D eigenvalue weighted by Crippen LogP contribution is -2.27. The minimum Gasteiger partial charge on any atom is -0.343 e. The van der Waals surface area contributed by atoms with Crippen LogP contribution in [0.1, 0.15) is 34.7 Å². The Bertz CT molecular complexity index is 639. The van der Waals surface area contributed by atoms with E-state index in [4.69, 9.17) is 0 Å². The van der Waals surface area contributed by atoms with Gasteiger partial charge in [-0.3, -0.25) is 14.9 Å². The van der Waals surface area contributed by atoms with Crippen molar-refractivity contribution in [3.05, 3.63) is 51.7 Å². The second kappa shape index (κ2) is 5.47. The molecule has 20 heavy (non-hydrogen) atoms. The van der Waals surface area contributed by atoms with Crippen LogP contribution in [-0.4, -0.2) is 21.0 Å². The molecule has 0 spiro atoms. The van der Waals surface area contributed by atoms with E-state index in [1.54, 1.807) is 19.9 Å². The summed E-state index contributed by atoms with van der Waals surface area (Å²) in [6, 6.07) is 3.75. The van der Waals surface area contributed by atoms with Crippen LogP contribution in [0.15, 0.2) is 29.1 Å². The predicted octanol–water partition coefficient (Wildman–Crippen LogP) is 1.78. The van der Waals surface area contributed by atoms with Crippen molar-refractivity contribution in [1.82, 2.24) is 15.5 Å².